The summed E-state index contributed by atoms with van der Waals surface area (Å²) in [5, 5.41) is 10.4. The number of hydrogen-bond donors (Lipinski definition) is 1. The predicted octanol–water partition coefficient (Wildman–Crippen LogP) is 3.13. The lowest BCUT2D eigenvalue weighted by Gasteiger charge is -2.12. The first-order chi connectivity index (χ1) is 9.70. The number of carbonyl (C=O) groups excluding carboxylic acids is 1. The monoisotopic (exact) mass is 269 g/mol. The first-order valence-electron chi connectivity index (χ1n) is 6.11. The molecule has 1 N–H and O–H groups in total. The van der Waals surface area contributed by atoms with Crippen LogP contribution in [0, 0.1) is 0 Å². The van der Waals surface area contributed by atoms with E-state index < -0.39 is 5.91 Å². The van der Waals surface area contributed by atoms with Gasteiger partial charge >= 0.3 is 0 Å². The van der Waals surface area contributed by atoms with Crippen LogP contribution in [0.1, 0.15) is 5.56 Å². The Bertz CT molecular complexity index is 591. The van der Waals surface area contributed by atoms with Gasteiger partial charge in [0.05, 0.1) is 12.8 Å². The number of amides is 1. The third-order valence-corrected chi connectivity index (χ3v) is 2.74. The maximum Gasteiger partial charge on any atom is 0.274 e. The van der Waals surface area contributed by atoms with E-state index in [4.69, 9.17) is 4.74 Å². The van der Waals surface area contributed by atoms with E-state index in [1.807, 2.05) is 18.2 Å². The van der Waals surface area contributed by atoms with Crippen molar-refractivity contribution < 1.29 is 14.7 Å². The van der Waals surface area contributed by atoms with E-state index in [2.05, 4.69) is 0 Å². The molecule has 0 atom stereocenters. The molecule has 20 heavy (non-hydrogen) atoms. The van der Waals surface area contributed by atoms with E-state index in [-0.39, 0.29) is 0 Å². The molecule has 0 aromatic heterocycles. The number of rotatable bonds is 4. The second-order valence-electron chi connectivity index (χ2n) is 4.09. The maximum absolute atomic E-state index is 11.8. The molecule has 0 aliphatic heterocycles. The fraction of sp³-hybridized carbons (Fsp3) is 0.0625. The maximum atomic E-state index is 11.8. The molecule has 102 valence electrons. The molecule has 0 bridgehead atoms. The minimum absolute atomic E-state index is 0.428. The summed E-state index contributed by atoms with van der Waals surface area (Å²) in [7, 11) is 1.60. The van der Waals surface area contributed by atoms with Crippen LogP contribution in [-0.2, 0) is 4.79 Å². The van der Waals surface area contributed by atoms with Gasteiger partial charge in [0.15, 0.2) is 0 Å². The van der Waals surface area contributed by atoms with Gasteiger partial charge in [-0.15, -0.1) is 0 Å². The van der Waals surface area contributed by atoms with Gasteiger partial charge in [-0.1, -0.05) is 30.3 Å². The highest BCUT2D eigenvalue weighted by Gasteiger charge is 2.08. The Labute approximate surface area is 117 Å². The van der Waals surface area contributed by atoms with E-state index in [1.54, 1.807) is 49.6 Å². The number of methoxy groups -OCH3 is 1. The lowest BCUT2D eigenvalue weighted by Crippen LogP contribution is -2.24. The standard InChI is InChI=1S/C16H15NO3/c1-20-15-10-7-13(8-11-15)9-12-16(18)17(19)14-5-3-2-4-6-14/h2-12,19H,1H3/b12-9+. The van der Waals surface area contributed by atoms with Crippen molar-refractivity contribution in [1.82, 2.24) is 0 Å². The number of benzene rings is 2. The molecule has 2 rings (SSSR count). The molecule has 0 unspecified atom stereocenters. The van der Waals surface area contributed by atoms with Gasteiger partial charge < -0.3 is 4.74 Å². The number of hydrogen-bond acceptors (Lipinski definition) is 3. The summed E-state index contributed by atoms with van der Waals surface area (Å²) in [5.74, 6) is 0.244. The van der Waals surface area contributed by atoms with Gasteiger partial charge in [-0.05, 0) is 35.9 Å². The van der Waals surface area contributed by atoms with E-state index in [9.17, 15) is 10.0 Å². The van der Waals surface area contributed by atoms with Crippen molar-refractivity contribution in [2.75, 3.05) is 12.2 Å². The van der Waals surface area contributed by atoms with Crippen molar-refractivity contribution in [3.63, 3.8) is 0 Å². The molecule has 0 aliphatic carbocycles. The van der Waals surface area contributed by atoms with Crippen LogP contribution in [-0.4, -0.2) is 18.2 Å². The van der Waals surface area contributed by atoms with Gasteiger partial charge in [0.1, 0.15) is 5.75 Å². The van der Waals surface area contributed by atoms with Crippen molar-refractivity contribution in [2.45, 2.75) is 0 Å². The zero-order valence-corrected chi connectivity index (χ0v) is 11.1. The van der Waals surface area contributed by atoms with Gasteiger partial charge in [0.25, 0.3) is 5.91 Å². The molecule has 0 spiro atoms. The molecule has 4 nitrogen and oxygen atoms in total. The highest BCUT2D eigenvalue weighted by molar-refractivity contribution is 6.02. The third-order valence-electron chi connectivity index (χ3n) is 2.74. The van der Waals surface area contributed by atoms with Gasteiger partial charge in [0, 0.05) is 6.08 Å². The summed E-state index contributed by atoms with van der Waals surface area (Å²) in [4.78, 5) is 11.8. The summed E-state index contributed by atoms with van der Waals surface area (Å²) in [6.45, 7) is 0. The van der Waals surface area contributed by atoms with Crippen molar-refractivity contribution in [3.05, 3.63) is 66.2 Å². The lowest BCUT2D eigenvalue weighted by atomic mass is 10.2. The number of anilines is 1. The van der Waals surface area contributed by atoms with Crippen LogP contribution in [0.4, 0.5) is 5.69 Å². The highest BCUT2D eigenvalue weighted by atomic mass is 16.5. The smallest absolute Gasteiger partial charge is 0.274 e. The second kappa shape index (κ2) is 6.54. The molecule has 0 heterocycles. The van der Waals surface area contributed by atoms with Crippen molar-refractivity contribution in [2.24, 2.45) is 0 Å². The number of nitrogens with zero attached hydrogens (tertiary/aromatic N) is 1. The van der Waals surface area contributed by atoms with Gasteiger partial charge in [0.2, 0.25) is 0 Å². The van der Waals surface area contributed by atoms with Crippen LogP contribution in [0.15, 0.2) is 60.7 Å². The molecular formula is C16H15NO3. The molecule has 0 fully saturated rings. The predicted molar refractivity (Wildman–Crippen MR) is 77.7 cm³/mol. The van der Waals surface area contributed by atoms with Gasteiger partial charge in [-0.25, -0.2) is 0 Å². The van der Waals surface area contributed by atoms with Crippen molar-refractivity contribution in [1.29, 1.82) is 0 Å². The zero-order valence-electron chi connectivity index (χ0n) is 11.1. The molecule has 4 heteroatoms. The molecule has 2 aromatic carbocycles. The second-order valence-corrected chi connectivity index (χ2v) is 4.09. The number of para-hydroxylation sites is 1. The molecule has 1 amide bonds. The summed E-state index contributed by atoms with van der Waals surface area (Å²) in [6.07, 6.45) is 2.95. The van der Waals surface area contributed by atoms with Gasteiger partial charge in [-0.2, -0.15) is 5.06 Å². The number of ether oxygens (including phenoxy) is 1. The Hall–Kier alpha value is -2.59. The quantitative estimate of drug-likeness (QED) is 0.527. The van der Waals surface area contributed by atoms with E-state index >= 15 is 0 Å². The Morgan fingerprint density at radius 3 is 2.35 bits per heavy atom. The Kier molecular flexibility index (Phi) is 4.52. The van der Waals surface area contributed by atoms with E-state index in [1.165, 1.54) is 6.08 Å². The van der Waals surface area contributed by atoms with E-state index in [0.717, 1.165) is 11.3 Å². The minimum Gasteiger partial charge on any atom is -0.497 e. The zero-order chi connectivity index (χ0) is 14.4. The normalized spacial score (nSPS) is 10.5. The Morgan fingerprint density at radius 1 is 1.10 bits per heavy atom. The van der Waals surface area contributed by atoms with Crippen LogP contribution in [0.25, 0.3) is 6.08 Å². The topological polar surface area (TPSA) is 49.8 Å². The Morgan fingerprint density at radius 2 is 1.75 bits per heavy atom. The lowest BCUT2D eigenvalue weighted by molar-refractivity contribution is -0.118. The van der Waals surface area contributed by atoms with Crippen LogP contribution in [0.3, 0.4) is 0 Å². The van der Waals surface area contributed by atoms with Crippen LogP contribution in [0.5, 0.6) is 5.75 Å². The van der Waals surface area contributed by atoms with Crippen LogP contribution < -0.4 is 9.80 Å². The minimum atomic E-state index is -0.507. The highest BCUT2D eigenvalue weighted by Crippen LogP contribution is 2.14. The molecule has 0 aliphatic rings. The molecule has 2 aromatic rings. The first kappa shape index (κ1) is 13.8. The average Bonchev–Trinajstić information content (AvgIpc) is 2.53. The summed E-state index contributed by atoms with van der Waals surface area (Å²) in [6, 6.07) is 15.9. The molecule has 0 radical (unpaired) electrons. The fourth-order valence-electron chi connectivity index (χ4n) is 1.65. The number of carbonyl (C=O) groups is 1. The van der Waals surface area contributed by atoms with Gasteiger partial charge in [-0.3, -0.25) is 10.0 Å². The number of hydroxylamine groups is 1. The Balaban J connectivity index is 2.05. The summed E-state index contributed by atoms with van der Waals surface area (Å²) < 4.78 is 5.05. The van der Waals surface area contributed by atoms with Crippen molar-refractivity contribution in [3.8, 4) is 5.75 Å². The van der Waals surface area contributed by atoms with Crippen molar-refractivity contribution >= 4 is 17.7 Å². The van der Waals surface area contributed by atoms with E-state index in [0.29, 0.717) is 10.8 Å². The summed E-state index contributed by atoms with van der Waals surface area (Å²) >= 11 is 0. The van der Waals surface area contributed by atoms with Crippen LogP contribution in [0.2, 0.25) is 0 Å². The van der Waals surface area contributed by atoms with Crippen LogP contribution >= 0.6 is 0 Å². The molecule has 0 saturated heterocycles. The SMILES string of the molecule is COc1ccc(/C=C/C(=O)N(O)c2ccccc2)cc1. The molecule has 0 saturated carbocycles. The average molecular weight is 269 g/mol. The molecular weight excluding hydrogens is 254 g/mol. The fourth-order valence-corrected chi connectivity index (χ4v) is 1.65. The first-order valence-corrected chi connectivity index (χ1v) is 6.11. The third kappa shape index (κ3) is 3.46. The summed E-state index contributed by atoms with van der Waals surface area (Å²) in [5.41, 5.74) is 1.28. The largest absolute Gasteiger partial charge is 0.497 e.